The normalized spacial score (nSPS) is 11.4. The summed E-state index contributed by atoms with van der Waals surface area (Å²) in [4.78, 5) is 0. The highest BCUT2D eigenvalue weighted by Crippen LogP contribution is 2.08. The van der Waals surface area contributed by atoms with Crippen LogP contribution < -0.4 is 4.57 Å². The van der Waals surface area contributed by atoms with E-state index in [4.69, 9.17) is 0 Å². The molecule has 0 aromatic carbocycles. The van der Waals surface area contributed by atoms with Gasteiger partial charge in [0.2, 0.25) is 6.33 Å². The molecule has 0 fully saturated rings. The second-order valence-corrected chi connectivity index (χ2v) is 3.89. The van der Waals surface area contributed by atoms with Crippen molar-refractivity contribution in [2.24, 2.45) is 7.05 Å². The average molecular weight is 458 g/mol. The van der Waals surface area contributed by atoms with Gasteiger partial charge in [-0.25, -0.2) is 9.13 Å². The topological polar surface area (TPSA) is 8.81 Å². The molecule has 0 aliphatic heterocycles. The molecule has 0 aliphatic rings. The van der Waals surface area contributed by atoms with Gasteiger partial charge >= 0.3 is 29.0 Å². The van der Waals surface area contributed by atoms with E-state index in [2.05, 4.69) is 24.0 Å². The van der Waals surface area contributed by atoms with Crippen LogP contribution in [0.25, 0.3) is 0 Å². The van der Waals surface area contributed by atoms with Crippen molar-refractivity contribution in [3.63, 3.8) is 0 Å². The van der Waals surface area contributed by atoms with Crippen molar-refractivity contribution in [2.45, 2.75) is 13.5 Å². The zero-order valence-corrected chi connectivity index (χ0v) is 13.7. The summed E-state index contributed by atoms with van der Waals surface area (Å²) in [5.74, 6) is 0. The van der Waals surface area contributed by atoms with Crippen LogP contribution in [0, 0.1) is 0 Å². The molecule has 0 spiro atoms. The van der Waals surface area contributed by atoms with Gasteiger partial charge in [-0.2, -0.15) is 0 Å². The number of imidazole rings is 1. The Morgan fingerprint density at radius 2 is 0.821 bits per heavy atom. The summed E-state index contributed by atoms with van der Waals surface area (Å²) >= 11 is 0. The molecular weight excluding hydrogens is 447 g/mol. The number of halogens is 16. The third kappa shape index (κ3) is 152. The van der Waals surface area contributed by atoms with E-state index < -0.39 is 29.0 Å². The molecule has 1 rings (SSSR count). The largest absolute Gasteiger partial charge is 0.673 e. The van der Waals surface area contributed by atoms with Gasteiger partial charge in [0.15, 0.2) is 0 Å². The highest BCUT2D eigenvalue weighted by Gasteiger charge is 2.21. The first-order valence-corrected chi connectivity index (χ1v) is 6.33. The van der Waals surface area contributed by atoms with E-state index in [1.165, 1.54) is 0 Å². The summed E-state index contributed by atoms with van der Waals surface area (Å²) < 4.78 is 160. The van der Waals surface area contributed by atoms with Crippen molar-refractivity contribution in [1.82, 2.24) is 4.57 Å². The average Bonchev–Trinajstić information content (AvgIpc) is 2.65. The van der Waals surface area contributed by atoms with E-state index in [1.54, 1.807) is 0 Å². The number of hydrogen-bond acceptors (Lipinski definition) is 0. The molecule has 0 radical (unpaired) electrons. The number of aryl methyl sites for hydroxylation is 2. The van der Waals surface area contributed by atoms with Crippen LogP contribution in [-0.2, 0) is 13.6 Å². The van der Waals surface area contributed by atoms with Crippen LogP contribution in [0.15, 0.2) is 18.7 Å². The van der Waals surface area contributed by atoms with Gasteiger partial charge in [-0.3, -0.25) is 0 Å². The maximum absolute atomic E-state index is 9.75. The Hall–Kier alpha value is -1.65. The maximum atomic E-state index is 9.75. The number of aromatic nitrogens is 2. The summed E-state index contributed by atoms with van der Waals surface area (Å²) in [6.07, 6.45) is 6.14. The van der Waals surface area contributed by atoms with E-state index in [-0.39, 0.29) is 0 Å². The summed E-state index contributed by atoms with van der Waals surface area (Å²) in [6, 6.07) is 0. The first-order chi connectivity index (χ1) is 11.8. The molecule has 22 heteroatoms. The van der Waals surface area contributed by atoms with Gasteiger partial charge in [0.05, 0.1) is 13.6 Å². The van der Waals surface area contributed by atoms with Crippen molar-refractivity contribution in [3.05, 3.63) is 18.7 Å². The smallest absolute Gasteiger partial charge is 0.418 e. The van der Waals surface area contributed by atoms with Crippen LogP contribution in [0.2, 0.25) is 0 Å². The van der Waals surface area contributed by atoms with E-state index >= 15 is 0 Å². The molecule has 0 bridgehead atoms. The fraction of sp³-hybridized carbons (Fsp3) is 0.500. The Morgan fingerprint density at radius 1 is 0.607 bits per heavy atom. The number of nitrogens with zero attached hydrogens (tertiary/aromatic N) is 2. The van der Waals surface area contributed by atoms with Gasteiger partial charge in [-0.05, 0) is 6.92 Å². The Morgan fingerprint density at radius 3 is 0.893 bits per heavy atom. The second kappa shape index (κ2) is 14.4. The first-order valence-electron chi connectivity index (χ1n) is 6.33. The predicted molar refractivity (Wildman–Crippen MR) is 72.0 cm³/mol. The highest BCUT2D eigenvalue weighted by molar-refractivity contribution is 6.50. The summed E-state index contributed by atoms with van der Waals surface area (Å²) in [5.41, 5.74) is 0. The third-order valence-corrected chi connectivity index (χ3v) is 1.19. The molecule has 0 atom stereocenters. The zero-order chi connectivity index (χ0) is 24.0. The van der Waals surface area contributed by atoms with E-state index in [1.807, 2.05) is 17.8 Å². The lowest BCUT2D eigenvalue weighted by atomic mass is 10.3. The second-order valence-electron chi connectivity index (χ2n) is 3.89. The van der Waals surface area contributed by atoms with Gasteiger partial charge in [0, 0.05) is 0 Å². The zero-order valence-electron chi connectivity index (χ0n) is 13.7. The maximum Gasteiger partial charge on any atom is 0.673 e. The lowest BCUT2D eigenvalue weighted by Crippen LogP contribution is -2.23. The summed E-state index contributed by atoms with van der Waals surface area (Å²) in [6.45, 7) is 3.18. The minimum absolute atomic E-state index is 1.06. The number of hydrogen-bond donors (Lipinski definition) is 0. The molecule has 172 valence electrons. The summed E-state index contributed by atoms with van der Waals surface area (Å²) in [5, 5.41) is 0. The van der Waals surface area contributed by atoms with Crippen LogP contribution in [0.4, 0.5) is 69.1 Å². The van der Waals surface area contributed by atoms with Gasteiger partial charge in [0.25, 0.3) is 0 Å². The molecule has 0 amide bonds. The molecule has 0 N–H and O–H groups in total. The summed E-state index contributed by atoms with van der Waals surface area (Å²) in [7, 11) is -22.0. The van der Waals surface area contributed by atoms with E-state index in [9.17, 15) is 69.1 Å². The Bertz CT molecular complexity index is 403. The van der Waals surface area contributed by atoms with Gasteiger partial charge in [-0.15, -0.1) is 0 Å². The Labute approximate surface area is 147 Å². The quantitative estimate of drug-likeness (QED) is 0.297. The van der Waals surface area contributed by atoms with Crippen LogP contribution in [0.5, 0.6) is 0 Å². The van der Waals surface area contributed by atoms with Crippen LogP contribution in [0.3, 0.4) is 0 Å². The lowest BCUT2D eigenvalue weighted by Gasteiger charge is -1.94. The fourth-order valence-electron chi connectivity index (χ4n) is 0.689. The fourth-order valence-corrected chi connectivity index (χ4v) is 0.689. The van der Waals surface area contributed by atoms with E-state index in [0.29, 0.717) is 0 Å². The van der Waals surface area contributed by atoms with Crippen molar-refractivity contribution in [2.75, 3.05) is 0 Å². The molecule has 1 aromatic rings. The van der Waals surface area contributed by atoms with E-state index in [0.717, 1.165) is 6.54 Å². The minimum atomic E-state index is -6.00. The molecular formula is C6H11B4F16N2-3. The van der Waals surface area contributed by atoms with Crippen LogP contribution >= 0.6 is 0 Å². The van der Waals surface area contributed by atoms with Gasteiger partial charge in [0.1, 0.15) is 12.4 Å². The molecule has 1 aromatic heterocycles. The van der Waals surface area contributed by atoms with Gasteiger partial charge < -0.3 is 69.1 Å². The SMILES string of the molecule is CCn1cc[n+](C)c1.F[B-](F)(F)F.F[B-](F)(F)F.F[B-](F)(F)F.F[B-](F)(F)F. The number of rotatable bonds is 1. The van der Waals surface area contributed by atoms with Crippen molar-refractivity contribution in [1.29, 1.82) is 0 Å². The minimum Gasteiger partial charge on any atom is -0.418 e. The lowest BCUT2D eigenvalue weighted by molar-refractivity contribution is -0.671. The van der Waals surface area contributed by atoms with Crippen molar-refractivity contribution >= 4 is 29.0 Å². The molecule has 0 aliphatic carbocycles. The molecule has 28 heavy (non-hydrogen) atoms. The Kier molecular flexibility index (Phi) is 17.4. The standard InChI is InChI=1S/C6H11N2.4BF4/c1-3-8-5-4-7(2)6-8;4*2-1(3,4)5/h4-6H,3H2,1-2H3;;;;/q+1;4*-1. The molecule has 0 saturated heterocycles. The molecule has 1 heterocycles. The third-order valence-electron chi connectivity index (χ3n) is 1.19. The molecule has 0 saturated carbocycles. The van der Waals surface area contributed by atoms with Crippen molar-refractivity contribution in [3.8, 4) is 0 Å². The predicted octanol–water partition coefficient (Wildman–Crippen LogP) is 5.53. The van der Waals surface area contributed by atoms with Crippen LogP contribution in [0.1, 0.15) is 6.92 Å². The Balaban J connectivity index is -0.000000131. The molecule has 0 unspecified atom stereocenters. The van der Waals surface area contributed by atoms with Crippen LogP contribution in [-0.4, -0.2) is 33.6 Å². The highest BCUT2D eigenvalue weighted by atomic mass is 19.5. The van der Waals surface area contributed by atoms with Gasteiger partial charge in [-0.1, -0.05) is 0 Å². The first kappa shape index (κ1) is 33.9. The molecule has 2 nitrogen and oxygen atoms in total. The van der Waals surface area contributed by atoms with Crippen molar-refractivity contribution < 1.29 is 73.6 Å². The monoisotopic (exact) mass is 459 g/mol.